The molecule has 0 heterocycles. The molecule has 0 amide bonds. The molecule has 0 nitrogen and oxygen atoms in total. The van der Waals surface area contributed by atoms with Crippen LogP contribution in [0, 0.1) is 0 Å². The van der Waals surface area contributed by atoms with E-state index in [1.54, 1.807) is 0 Å². The second-order valence-corrected chi connectivity index (χ2v) is 6.01. The van der Waals surface area contributed by atoms with Gasteiger partial charge in [0.05, 0.1) is 0 Å². The van der Waals surface area contributed by atoms with E-state index in [1.165, 1.54) is 37.5 Å². The predicted octanol–water partition coefficient (Wildman–Crippen LogP) is 5.84. The van der Waals surface area contributed by atoms with E-state index in [0.29, 0.717) is 0 Å². The second-order valence-electron chi connectivity index (χ2n) is 5.16. The molecular formula is C19H13Br. The molecule has 1 heteroatoms. The van der Waals surface area contributed by atoms with Gasteiger partial charge in [-0.15, -0.1) is 0 Å². The maximum Gasteiger partial charge on any atom is 0.0222 e. The van der Waals surface area contributed by atoms with Crippen LogP contribution in [0.15, 0.2) is 65.1 Å². The highest BCUT2D eigenvalue weighted by Crippen LogP contribution is 2.35. The van der Waals surface area contributed by atoms with Gasteiger partial charge in [0.25, 0.3) is 0 Å². The fraction of sp³-hybridized carbons (Fsp3) is 0.0526. The van der Waals surface area contributed by atoms with E-state index >= 15 is 0 Å². The molecule has 4 rings (SSSR count). The number of hydrogen-bond acceptors (Lipinski definition) is 0. The molecule has 0 aromatic heterocycles. The van der Waals surface area contributed by atoms with Crippen LogP contribution in [0.25, 0.3) is 28.0 Å². The summed E-state index contributed by atoms with van der Waals surface area (Å²) < 4.78 is 1.21. The van der Waals surface area contributed by atoms with Crippen LogP contribution in [-0.2, 0) is 6.42 Å². The van der Waals surface area contributed by atoms with Crippen molar-refractivity contribution < 1.29 is 0 Å². The minimum atomic E-state index is 1.03. The Labute approximate surface area is 126 Å². The summed E-state index contributed by atoms with van der Waals surface area (Å²) in [5.41, 5.74) is 5.31. The van der Waals surface area contributed by atoms with Crippen LogP contribution in [0.5, 0.6) is 0 Å². The lowest BCUT2D eigenvalue weighted by molar-refractivity contribution is 1.29. The van der Waals surface area contributed by atoms with Gasteiger partial charge in [-0.05, 0) is 51.6 Å². The van der Waals surface area contributed by atoms with Crippen molar-refractivity contribution in [2.24, 2.45) is 0 Å². The van der Waals surface area contributed by atoms with Crippen LogP contribution in [0.4, 0.5) is 0 Å². The number of allylic oxidation sites excluding steroid dienone is 1. The Bertz CT molecular complexity index is 838. The Morgan fingerprint density at radius 1 is 0.900 bits per heavy atom. The Morgan fingerprint density at radius 2 is 1.75 bits per heavy atom. The van der Waals surface area contributed by atoms with E-state index < -0.39 is 0 Å². The Kier molecular flexibility index (Phi) is 2.75. The van der Waals surface area contributed by atoms with Crippen molar-refractivity contribution in [2.75, 3.05) is 0 Å². The monoisotopic (exact) mass is 320 g/mol. The van der Waals surface area contributed by atoms with Crippen molar-refractivity contribution in [3.63, 3.8) is 0 Å². The van der Waals surface area contributed by atoms with Crippen molar-refractivity contribution >= 4 is 32.8 Å². The number of benzene rings is 3. The second kappa shape index (κ2) is 4.60. The van der Waals surface area contributed by atoms with E-state index in [1.807, 2.05) is 0 Å². The summed E-state index contributed by atoms with van der Waals surface area (Å²) in [6, 6.07) is 19.6. The molecule has 0 saturated heterocycles. The molecule has 1 aliphatic carbocycles. The third-order valence-electron chi connectivity index (χ3n) is 3.95. The first kappa shape index (κ1) is 11.9. The zero-order valence-corrected chi connectivity index (χ0v) is 12.5. The SMILES string of the molecule is Brc1cc(-c2cccc3ccccc23)cc2c1CC=C2. The van der Waals surface area contributed by atoms with E-state index in [4.69, 9.17) is 0 Å². The summed E-state index contributed by atoms with van der Waals surface area (Å²) in [5, 5.41) is 2.60. The van der Waals surface area contributed by atoms with Gasteiger partial charge in [-0.1, -0.05) is 70.5 Å². The summed E-state index contributed by atoms with van der Waals surface area (Å²) in [6.07, 6.45) is 5.47. The molecule has 0 N–H and O–H groups in total. The van der Waals surface area contributed by atoms with E-state index in [-0.39, 0.29) is 0 Å². The van der Waals surface area contributed by atoms with Gasteiger partial charge < -0.3 is 0 Å². The fourth-order valence-electron chi connectivity index (χ4n) is 2.96. The molecule has 0 saturated carbocycles. The Hall–Kier alpha value is -1.86. The van der Waals surface area contributed by atoms with Crippen molar-refractivity contribution in [3.8, 4) is 11.1 Å². The maximum absolute atomic E-state index is 3.72. The van der Waals surface area contributed by atoms with Crippen molar-refractivity contribution in [2.45, 2.75) is 6.42 Å². The molecule has 0 atom stereocenters. The smallest absolute Gasteiger partial charge is 0.0222 e. The van der Waals surface area contributed by atoms with Gasteiger partial charge in [0.15, 0.2) is 0 Å². The number of fused-ring (bicyclic) bond motifs is 2. The first-order chi connectivity index (χ1) is 9.83. The summed E-state index contributed by atoms with van der Waals surface area (Å²) in [4.78, 5) is 0. The molecule has 0 spiro atoms. The van der Waals surface area contributed by atoms with E-state index in [2.05, 4.69) is 82.7 Å². The quantitative estimate of drug-likeness (QED) is 0.528. The lowest BCUT2D eigenvalue weighted by Gasteiger charge is -2.10. The molecule has 20 heavy (non-hydrogen) atoms. The third kappa shape index (κ3) is 1.82. The summed E-state index contributed by atoms with van der Waals surface area (Å²) in [5.74, 6) is 0. The Balaban J connectivity index is 2.00. The minimum absolute atomic E-state index is 1.03. The van der Waals surface area contributed by atoms with Gasteiger partial charge in [-0.2, -0.15) is 0 Å². The fourth-order valence-corrected chi connectivity index (χ4v) is 3.60. The highest BCUT2D eigenvalue weighted by atomic mass is 79.9. The lowest BCUT2D eigenvalue weighted by Crippen LogP contribution is -1.88. The van der Waals surface area contributed by atoms with Crippen molar-refractivity contribution in [1.29, 1.82) is 0 Å². The molecule has 3 aromatic carbocycles. The van der Waals surface area contributed by atoms with Crippen LogP contribution in [0.3, 0.4) is 0 Å². The number of halogens is 1. The van der Waals surface area contributed by atoms with Crippen molar-refractivity contribution in [1.82, 2.24) is 0 Å². The Morgan fingerprint density at radius 3 is 2.70 bits per heavy atom. The van der Waals surface area contributed by atoms with E-state index in [0.717, 1.165) is 6.42 Å². The van der Waals surface area contributed by atoms with Gasteiger partial charge in [0.1, 0.15) is 0 Å². The van der Waals surface area contributed by atoms with Crippen LogP contribution in [0.1, 0.15) is 11.1 Å². The third-order valence-corrected chi connectivity index (χ3v) is 4.66. The maximum atomic E-state index is 3.72. The molecule has 0 unspecified atom stereocenters. The highest BCUT2D eigenvalue weighted by molar-refractivity contribution is 9.10. The minimum Gasteiger partial charge on any atom is -0.0795 e. The van der Waals surface area contributed by atoms with Gasteiger partial charge >= 0.3 is 0 Å². The average molecular weight is 321 g/mol. The molecule has 3 aromatic rings. The summed E-state index contributed by atoms with van der Waals surface area (Å²) in [6.45, 7) is 0. The van der Waals surface area contributed by atoms with Crippen LogP contribution in [-0.4, -0.2) is 0 Å². The van der Waals surface area contributed by atoms with Crippen LogP contribution < -0.4 is 0 Å². The predicted molar refractivity (Wildman–Crippen MR) is 89.8 cm³/mol. The molecule has 96 valence electrons. The zero-order valence-electron chi connectivity index (χ0n) is 10.9. The highest BCUT2D eigenvalue weighted by Gasteiger charge is 2.12. The van der Waals surface area contributed by atoms with Gasteiger partial charge in [-0.3, -0.25) is 0 Å². The number of rotatable bonds is 1. The van der Waals surface area contributed by atoms with Gasteiger partial charge in [0.2, 0.25) is 0 Å². The van der Waals surface area contributed by atoms with Crippen LogP contribution >= 0.6 is 15.9 Å². The molecule has 0 fully saturated rings. The molecule has 1 aliphatic rings. The molecule has 0 aliphatic heterocycles. The first-order valence-corrected chi connectivity index (χ1v) is 7.59. The topological polar surface area (TPSA) is 0 Å². The molecular weight excluding hydrogens is 308 g/mol. The van der Waals surface area contributed by atoms with Gasteiger partial charge in [-0.25, -0.2) is 0 Å². The number of hydrogen-bond donors (Lipinski definition) is 0. The molecule has 0 bridgehead atoms. The first-order valence-electron chi connectivity index (χ1n) is 6.80. The van der Waals surface area contributed by atoms with E-state index in [9.17, 15) is 0 Å². The summed E-state index contributed by atoms with van der Waals surface area (Å²) >= 11 is 3.72. The largest absolute Gasteiger partial charge is 0.0795 e. The standard InChI is InChI=1S/C19H13Br/c20-19-12-15(11-14-7-4-10-18(14)19)17-9-3-6-13-5-1-2-8-16(13)17/h1-9,11-12H,10H2. The normalized spacial score (nSPS) is 12.8. The van der Waals surface area contributed by atoms with Gasteiger partial charge in [0, 0.05) is 4.47 Å². The molecule has 0 radical (unpaired) electrons. The lowest BCUT2D eigenvalue weighted by atomic mass is 9.96. The van der Waals surface area contributed by atoms with Crippen LogP contribution in [0.2, 0.25) is 0 Å². The van der Waals surface area contributed by atoms with Crippen molar-refractivity contribution in [3.05, 3.63) is 76.3 Å². The summed E-state index contributed by atoms with van der Waals surface area (Å²) in [7, 11) is 0. The average Bonchev–Trinajstić information content (AvgIpc) is 2.95. The zero-order chi connectivity index (χ0) is 13.5.